The lowest BCUT2D eigenvalue weighted by molar-refractivity contribution is -0.124. The molecule has 0 aromatic heterocycles. The summed E-state index contributed by atoms with van der Waals surface area (Å²) in [5, 5.41) is 2.94. The molecule has 128 valence electrons. The van der Waals surface area contributed by atoms with Gasteiger partial charge in [-0.1, -0.05) is 31.4 Å². The molecule has 3 N–H and O–H groups in total. The van der Waals surface area contributed by atoms with Crippen molar-refractivity contribution in [1.82, 2.24) is 5.32 Å². The molecule has 2 rings (SSSR count). The Balaban J connectivity index is 1.88. The van der Waals surface area contributed by atoms with Gasteiger partial charge >= 0.3 is 0 Å². The average molecular weight is 322 g/mol. The van der Waals surface area contributed by atoms with E-state index >= 15 is 0 Å². The van der Waals surface area contributed by atoms with Gasteiger partial charge in [0.25, 0.3) is 0 Å². The number of methoxy groups -OCH3 is 1. The van der Waals surface area contributed by atoms with E-state index in [1.807, 2.05) is 0 Å². The molecule has 1 amide bonds. The van der Waals surface area contributed by atoms with Gasteiger partial charge in [-0.15, -0.1) is 0 Å². The second-order valence-electron chi connectivity index (χ2n) is 6.52. The van der Waals surface area contributed by atoms with E-state index in [4.69, 9.17) is 10.5 Å². The first-order valence-corrected chi connectivity index (χ1v) is 8.33. The molecule has 1 aliphatic carbocycles. The second-order valence-corrected chi connectivity index (χ2v) is 6.52. The van der Waals surface area contributed by atoms with Gasteiger partial charge in [0.15, 0.2) is 0 Å². The highest BCUT2D eigenvalue weighted by Gasteiger charge is 2.33. The number of carbonyl (C=O) groups is 1. The summed E-state index contributed by atoms with van der Waals surface area (Å²) in [5.74, 6) is -0.267. The zero-order chi connectivity index (χ0) is 16.7. The van der Waals surface area contributed by atoms with Crippen molar-refractivity contribution in [3.63, 3.8) is 0 Å². The summed E-state index contributed by atoms with van der Waals surface area (Å²) in [4.78, 5) is 12.3. The van der Waals surface area contributed by atoms with Crippen LogP contribution in [0.4, 0.5) is 4.39 Å². The standard InChI is InChI=1S/C18H27FN2O2/c1-23-16(14-5-7-15(19)8-6-14)12-21-17(22)11-18(13-20)9-3-2-4-10-18/h5-8,16H,2-4,9-13,20H2,1H3,(H,21,22). The van der Waals surface area contributed by atoms with Gasteiger partial charge in [0, 0.05) is 20.1 Å². The lowest BCUT2D eigenvalue weighted by Gasteiger charge is -2.35. The van der Waals surface area contributed by atoms with Gasteiger partial charge in [-0.3, -0.25) is 4.79 Å². The Kier molecular flexibility index (Phi) is 6.54. The number of hydrogen-bond donors (Lipinski definition) is 2. The molecule has 1 aromatic rings. The van der Waals surface area contributed by atoms with E-state index in [9.17, 15) is 9.18 Å². The van der Waals surface area contributed by atoms with Crippen LogP contribution in [0, 0.1) is 11.2 Å². The van der Waals surface area contributed by atoms with E-state index in [0.29, 0.717) is 19.5 Å². The number of carbonyl (C=O) groups excluding carboxylic acids is 1. The van der Waals surface area contributed by atoms with Crippen molar-refractivity contribution in [3.8, 4) is 0 Å². The molecule has 1 saturated carbocycles. The predicted molar refractivity (Wildman–Crippen MR) is 88.3 cm³/mol. The third-order valence-corrected chi connectivity index (χ3v) is 4.89. The molecular weight excluding hydrogens is 295 g/mol. The molecule has 0 radical (unpaired) electrons. The van der Waals surface area contributed by atoms with Crippen molar-refractivity contribution in [2.24, 2.45) is 11.1 Å². The molecule has 5 heteroatoms. The molecule has 1 unspecified atom stereocenters. The Morgan fingerprint density at radius 3 is 2.52 bits per heavy atom. The van der Waals surface area contributed by atoms with E-state index in [1.54, 1.807) is 19.2 Å². The minimum absolute atomic E-state index is 0.0153. The van der Waals surface area contributed by atoms with Crippen LogP contribution in [-0.2, 0) is 9.53 Å². The molecular formula is C18H27FN2O2. The van der Waals surface area contributed by atoms with Crippen molar-refractivity contribution in [2.75, 3.05) is 20.2 Å². The number of rotatable bonds is 7. The van der Waals surface area contributed by atoms with Crippen LogP contribution in [0.1, 0.15) is 50.2 Å². The lowest BCUT2D eigenvalue weighted by atomic mass is 9.71. The first-order valence-electron chi connectivity index (χ1n) is 8.33. The van der Waals surface area contributed by atoms with Crippen molar-refractivity contribution in [3.05, 3.63) is 35.6 Å². The van der Waals surface area contributed by atoms with Gasteiger partial charge in [0.2, 0.25) is 5.91 Å². The van der Waals surface area contributed by atoms with E-state index < -0.39 is 0 Å². The highest BCUT2D eigenvalue weighted by atomic mass is 19.1. The van der Waals surface area contributed by atoms with E-state index in [1.165, 1.54) is 18.6 Å². The molecule has 0 bridgehead atoms. The second kappa shape index (κ2) is 8.41. The maximum atomic E-state index is 13.0. The molecule has 1 aliphatic rings. The smallest absolute Gasteiger partial charge is 0.220 e. The summed E-state index contributed by atoms with van der Waals surface area (Å²) in [6, 6.07) is 6.15. The summed E-state index contributed by atoms with van der Waals surface area (Å²) < 4.78 is 18.4. The quantitative estimate of drug-likeness (QED) is 0.811. The first kappa shape index (κ1) is 17.9. The third-order valence-electron chi connectivity index (χ3n) is 4.89. The van der Waals surface area contributed by atoms with Crippen molar-refractivity contribution >= 4 is 5.91 Å². The number of halogens is 1. The summed E-state index contributed by atoms with van der Waals surface area (Å²) in [7, 11) is 1.59. The van der Waals surface area contributed by atoms with Crippen LogP contribution in [0.15, 0.2) is 24.3 Å². The van der Waals surface area contributed by atoms with Crippen molar-refractivity contribution in [1.29, 1.82) is 0 Å². The Hall–Kier alpha value is -1.46. The molecule has 0 spiro atoms. The topological polar surface area (TPSA) is 64.3 Å². The molecule has 23 heavy (non-hydrogen) atoms. The van der Waals surface area contributed by atoms with Gasteiger partial charge in [-0.2, -0.15) is 0 Å². The van der Waals surface area contributed by atoms with Crippen LogP contribution < -0.4 is 11.1 Å². The van der Waals surface area contributed by atoms with Crippen molar-refractivity contribution in [2.45, 2.75) is 44.6 Å². The number of amides is 1. The zero-order valence-electron chi connectivity index (χ0n) is 13.8. The number of nitrogens with two attached hydrogens (primary N) is 1. The van der Waals surface area contributed by atoms with Crippen LogP contribution in [0.2, 0.25) is 0 Å². The molecule has 0 heterocycles. The fraction of sp³-hybridized carbons (Fsp3) is 0.611. The fourth-order valence-electron chi connectivity index (χ4n) is 3.38. The summed E-state index contributed by atoms with van der Waals surface area (Å²) >= 11 is 0. The highest BCUT2D eigenvalue weighted by Crippen LogP contribution is 2.38. The lowest BCUT2D eigenvalue weighted by Crippen LogP contribution is -2.39. The number of hydrogen-bond acceptors (Lipinski definition) is 3. The largest absolute Gasteiger partial charge is 0.375 e. The molecule has 1 fully saturated rings. The van der Waals surface area contributed by atoms with Crippen LogP contribution >= 0.6 is 0 Å². The van der Waals surface area contributed by atoms with Crippen LogP contribution in [0.5, 0.6) is 0 Å². The molecule has 1 atom stereocenters. The van der Waals surface area contributed by atoms with Gasteiger partial charge in [-0.25, -0.2) is 4.39 Å². The number of benzene rings is 1. The predicted octanol–water partition coefficient (Wildman–Crippen LogP) is 2.93. The van der Waals surface area contributed by atoms with Crippen molar-refractivity contribution < 1.29 is 13.9 Å². The SMILES string of the molecule is COC(CNC(=O)CC1(CN)CCCCC1)c1ccc(F)cc1. The number of ether oxygens (including phenoxy) is 1. The average Bonchev–Trinajstić information content (AvgIpc) is 2.57. The number of nitrogens with one attached hydrogen (secondary N) is 1. The molecule has 0 aliphatic heterocycles. The molecule has 1 aromatic carbocycles. The Labute approximate surface area is 137 Å². The minimum Gasteiger partial charge on any atom is -0.375 e. The zero-order valence-corrected chi connectivity index (χ0v) is 13.8. The van der Waals surface area contributed by atoms with Gasteiger partial charge in [-0.05, 0) is 42.5 Å². The first-order chi connectivity index (χ1) is 11.1. The van der Waals surface area contributed by atoms with Crippen LogP contribution in [-0.4, -0.2) is 26.1 Å². The minimum atomic E-state index is -0.283. The van der Waals surface area contributed by atoms with Crippen LogP contribution in [0.25, 0.3) is 0 Å². The Morgan fingerprint density at radius 1 is 1.30 bits per heavy atom. The van der Waals surface area contributed by atoms with E-state index in [2.05, 4.69) is 5.32 Å². The molecule has 0 saturated heterocycles. The fourth-order valence-corrected chi connectivity index (χ4v) is 3.38. The third kappa shape index (κ3) is 5.01. The summed E-state index contributed by atoms with van der Waals surface area (Å²) in [5.41, 5.74) is 6.74. The van der Waals surface area contributed by atoms with E-state index in [0.717, 1.165) is 31.2 Å². The maximum Gasteiger partial charge on any atom is 0.220 e. The van der Waals surface area contributed by atoms with Gasteiger partial charge < -0.3 is 15.8 Å². The summed E-state index contributed by atoms with van der Waals surface area (Å²) in [6.45, 7) is 0.938. The summed E-state index contributed by atoms with van der Waals surface area (Å²) in [6.07, 6.45) is 5.80. The van der Waals surface area contributed by atoms with E-state index in [-0.39, 0.29) is 23.2 Å². The Morgan fingerprint density at radius 2 is 1.96 bits per heavy atom. The molecule has 4 nitrogen and oxygen atoms in total. The Bertz CT molecular complexity index is 498. The normalized spacial score (nSPS) is 18.4. The van der Waals surface area contributed by atoms with Crippen LogP contribution in [0.3, 0.4) is 0 Å². The monoisotopic (exact) mass is 322 g/mol. The van der Waals surface area contributed by atoms with Gasteiger partial charge in [0.1, 0.15) is 5.82 Å². The highest BCUT2D eigenvalue weighted by molar-refractivity contribution is 5.76. The maximum absolute atomic E-state index is 13.0. The van der Waals surface area contributed by atoms with Gasteiger partial charge in [0.05, 0.1) is 6.10 Å².